The van der Waals surface area contributed by atoms with Gasteiger partial charge >= 0.3 is 0 Å². The Labute approximate surface area is 82.6 Å². The Morgan fingerprint density at radius 1 is 1.64 bits per heavy atom. The number of β-amino-alcohol motifs (C(OH)–C–C–N with tert-alkyl or cyclic N) is 1. The minimum absolute atomic E-state index is 0.448. The molecule has 0 bridgehead atoms. The second kappa shape index (κ2) is 3.18. The molecule has 2 rings (SSSR count). The summed E-state index contributed by atoms with van der Waals surface area (Å²) in [5.74, 6) is 0.793. The molecular formula is C9H14N4O. The topological polar surface area (TPSA) is 75.3 Å². The Kier molecular flexibility index (Phi) is 2.13. The monoisotopic (exact) mass is 194 g/mol. The Morgan fingerprint density at radius 2 is 2.36 bits per heavy atom. The van der Waals surface area contributed by atoms with Crippen molar-refractivity contribution in [3.05, 3.63) is 17.8 Å². The van der Waals surface area contributed by atoms with Gasteiger partial charge in [0.05, 0.1) is 11.8 Å². The van der Waals surface area contributed by atoms with Crippen LogP contribution < -0.4 is 10.6 Å². The average molecular weight is 194 g/mol. The Hall–Kier alpha value is -1.20. The summed E-state index contributed by atoms with van der Waals surface area (Å²) in [5.41, 5.74) is 5.95. The first-order valence-electron chi connectivity index (χ1n) is 4.60. The van der Waals surface area contributed by atoms with Gasteiger partial charge in [-0.15, -0.1) is 5.10 Å². The van der Waals surface area contributed by atoms with Crippen LogP contribution in [0.15, 0.2) is 12.3 Å². The van der Waals surface area contributed by atoms with E-state index in [1.807, 2.05) is 17.9 Å². The van der Waals surface area contributed by atoms with E-state index in [9.17, 15) is 5.11 Å². The zero-order valence-electron chi connectivity index (χ0n) is 8.14. The smallest absolute Gasteiger partial charge is 0.155 e. The summed E-state index contributed by atoms with van der Waals surface area (Å²) in [6, 6.07) is 1.86. The number of aromatic nitrogens is 2. The highest BCUT2D eigenvalue weighted by molar-refractivity contribution is 5.49. The summed E-state index contributed by atoms with van der Waals surface area (Å²) in [7, 11) is 0. The fourth-order valence-electron chi connectivity index (χ4n) is 1.70. The lowest BCUT2D eigenvalue weighted by Gasteiger charge is -2.45. The van der Waals surface area contributed by atoms with Crippen LogP contribution in [0.5, 0.6) is 0 Å². The molecule has 1 fully saturated rings. The van der Waals surface area contributed by atoms with E-state index in [1.54, 1.807) is 6.20 Å². The van der Waals surface area contributed by atoms with Crippen molar-refractivity contribution in [2.45, 2.75) is 19.1 Å². The van der Waals surface area contributed by atoms with E-state index in [0.29, 0.717) is 19.6 Å². The van der Waals surface area contributed by atoms with Gasteiger partial charge in [-0.25, -0.2) is 0 Å². The quantitative estimate of drug-likeness (QED) is 0.664. The molecule has 0 amide bonds. The highest BCUT2D eigenvalue weighted by Crippen LogP contribution is 2.27. The SMILES string of the molecule is CC1(O)CN(c2nnccc2CN)C1. The third-order valence-corrected chi connectivity index (χ3v) is 2.36. The minimum Gasteiger partial charge on any atom is -0.386 e. The van der Waals surface area contributed by atoms with Crippen molar-refractivity contribution >= 4 is 5.82 Å². The van der Waals surface area contributed by atoms with E-state index in [2.05, 4.69) is 10.2 Å². The van der Waals surface area contributed by atoms with Crippen molar-refractivity contribution < 1.29 is 5.11 Å². The largest absolute Gasteiger partial charge is 0.386 e. The zero-order chi connectivity index (χ0) is 10.2. The molecule has 0 saturated carbocycles. The lowest BCUT2D eigenvalue weighted by atomic mass is 9.96. The van der Waals surface area contributed by atoms with E-state index in [1.165, 1.54) is 0 Å². The summed E-state index contributed by atoms with van der Waals surface area (Å²) in [6.45, 7) is 3.45. The number of anilines is 1. The van der Waals surface area contributed by atoms with Gasteiger partial charge in [0.1, 0.15) is 0 Å². The summed E-state index contributed by atoms with van der Waals surface area (Å²) < 4.78 is 0. The molecule has 5 heteroatoms. The van der Waals surface area contributed by atoms with Crippen LogP contribution in [0, 0.1) is 0 Å². The van der Waals surface area contributed by atoms with Crippen LogP contribution in [-0.2, 0) is 6.54 Å². The second-order valence-corrected chi connectivity index (χ2v) is 3.94. The predicted molar refractivity (Wildman–Crippen MR) is 52.8 cm³/mol. The van der Waals surface area contributed by atoms with Crippen LogP contribution in [0.2, 0.25) is 0 Å². The lowest BCUT2D eigenvalue weighted by molar-refractivity contribution is 0.0303. The van der Waals surface area contributed by atoms with Gasteiger partial charge in [-0.2, -0.15) is 5.10 Å². The van der Waals surface area contributed by atoms with Crippen LogP contribution in [0.4, 0.5) is 5.82 Å². The first-order valence-corrected chi connectivity index (χ1v) is 4.60. The molecule has 1 aliphatic heterocycles. The van der Waals surface area contributed by atoms with Crippen molar-refractivity contribution in [1.82, 2.24) is 10.2 Å². The molecule has 0 aliphatic carbocycles. The number of nitrogens with zero attached hydrogens (tertiary/aromatic N) is 3. The molecule has 2 heterocycles. The summed E-state index contributed by atoms with van der Waals surface area (Å²) in [6.07, 6.45) is 1.63. The maximum Gasteiger partial charge on any atom is 0.155 e. The van der Waals surface area contributed by atoms with E-state index >= 15 is 0 Å². The van der Waals surface area contributed by atoms with Gasteiger partial charge in [0, 0.05) is 25.2 Å². The number of hydrogen-bond donors (Lipinski definition) is 2. The zero-order valence-corrected chi connectivity index (χ0v) is 8.14. The van der Waals surface area contributed by atoms with E-state index < -0.39 is 5.60 Å². The van der Waals surface area contributed by atoms with Gasteiger partial charge < -0.3 is 15.7 Å². The number of aliphatic hydroxyl groups is 1. The third kappa shape index (κ3) is 1.56. The Bertz CT molecular complexity index is 331. The van der Waals surface area contributed by atoms with E-state index in [-0.39, 0.29) is 0 Å². The molecule has 0 atom stereocenters. The summed E-state index contributed by atoms with van der Waals surface area (Å²) in [4.78, 5) is 1.98. The number of rotatable bonds is 2. The average Bonchev–Trinajstić information content (AvgIpc) is 2.14. The maximum absolute atomic E-state index is 9.59. The van der Waals surface area contributed by atoms with Crippen molar-refractivity contribution in [1.29, 1.82) is 0 Å². The Balaban J connectivity index is 2.18. The van der Waals surface area contributed by atoms with Crippen LogP contribution >= 0.6 is 0 Å². The van der Waals surface area contributed by atoms with Gasteiger partial charge in [0.2, 0.25) is 0 Å². The first kappa shape index (κ1) is 9.36. The lowest BCUT2D eigenvalue weighted by Crippen LogP contribution is -2.60. The molecule has 0 radical (unpaired) electrons. The van der Waals surface area contributed by atoms with Gasteiger partial charge in [0.25, 0.3) is 0 Å². The van der Waals surface area contributed by atoms with Crippen molar-refractivity contribution in [3.8, 4) is 0 Å². The molecule has 1 saturated heterocycles. The molecule has 76 valence electrons. The highest BCUT2D eigenvalue weighted by Gasteiger charge is 2.38. The second-order valence-electron chi connectivity index (χ2n) is 3.94. The van der Waals surface area contributed by atoms with Gasteiger partial charge in [-0.3, -0.25) is 0 Å². The third-order valence-electron chi connectivity index (χ3n) is 2.36. The molecule has 1 aromatic rings. The molecule has 3 N–H and O–H groups in total. The molecule has 0 aromatic carbocycles. The van der Waals surface area contributed by atoms with Gasteiger partial charge in [-0.1, -0.05) is 0 Å². The summed E-state index contributed by atoms with van der Waals surface area (Å²) in [5, 5.41) is 17.4. The number of nitrogens with two attached hydrogens (primary N) is 1. The van der Waals surface area contributed by atoms with Crippen LogP contribution in [-0.4, -0.2) is 34.0 Å². The minimum atomic E-state index is -0.594. The standard InChI is InChI=1S/C9H14N4O/c1-9(14)5-13(6-9)8-7(4-10)2-3-11-12-8/h2-3,14H,4-6,10H2,1H3. The number of hydrogen-bond acceptors (Lipinski definition) is 5. The normalized spacial score (nSPS) is 19.2. The molecule has 5 nitrogen and oxygen atoms in total. The predicted octanol–water partition coefficient (Wildman–Crippen LogP) is -0.494. The molecule has 0 unspecified atom stereocenters. The molecule has 14 heavy (non-hydrogen) atoms. The first-order chi connectivity index (χ1) is 6.62. The van der Waals surface area contributed by atoms with Crippen LogP contribution in [0.1, 0.15) is 12.5 Å². The van der Waals surface area contributed by atoms with Crippen molar-refractivity contribution in [2.75, 3.05) is 18.0 Å². The fourth-order valence-corrected chi connectivity index (χ4v) is 1.70. The Morgan fingerprint density at radius 3 is 2.93 bits per heavy atom. The molecule has 1 aliphatic rings. The van der Waals surface area contributed by atoms with Crippen LogP contribution in [0.25, 0.3) is 0 Å². The van der Waals surface area contributed by atoms with E-state index in [0.717, 1.165) is 11.4 Å². The molecule has 1 aromatic heterocycles. The van der Waals surface area contributed by atoms with Gasteiger partial charge in [-0.05, 0) is 13.0 Å². The van der Waals surface area contributed by atoms with Crippen molar-refractivity contribution in [3.63, 3.8) is 0 Å². The molecule has 0 spiro atoms. The van der Waals surface area contributed by atoms with E-state index in [4.69, 9.17) is 5.73 Å². The summed E-state index contributed by atoms with van der Waals surface area (Å²) >= 11 is 0. The van der Waals surface area contributed by atoms with Crippen molar-refractivity contribution in [2.24, 2.45) is 5.73 Å². The fraction of sp³-hybridized carbons (Fsp3) is 0.556. The molecular weight excluding hydrogens is 180 g/mol. The highest BCUT2D eigenvalue weighted by atomic mass is 16.3. The van der Waals surface area contributed by atoms with Crippen LogP contribution in [0.3, 0.4) is 0 Å². The van der Waals surface area contributed by atoms with Gasteiger partial charge in [0.15, 0.2) is 5.82 Å². The maximum atomic E-state index is 9.59.